The van der Waals surface area contributed by atoms with Crippen molar-refractivity contribution in [1.29, 1.82) is 0 Å². The second kappa shape index (κ2) is 7.61. The lowest BCUT2D eigenvalue weighted by Crippen LogP contribution is -2.37. The van der Waals surface area contributed by atoms with Crippen LogP contribution >= 0.6 is 0 Å². The third-order valence-electron chi connectivity index (χ3n) is 4.04. The van der Waals surface area contributed by atoms with Crippen LogP contribution < -0.4 is 10.6 Å². The lowest BCUT2D eigenvalue weighted by atomic mass is 10.0. The highest BCUT2D eigenvalue weighted by atomic mass is 15.0. The number of pyridine rings is 1. The predicted molar refractivity (Wildman–Crippen MR) is 80.1 cm³/mol. The molecule has 3 atom stereocenters. The second-order valence-electron chi connectivity index (χ2n) is 5.81. The number of nitrogens with one attached hydrogen (secondary N) is 2. The summed E-state index contributed by atoms with van der Waals surface area (Å²) in [7, 11) is 0. The molecule has 0 saturated carbocycles. The molecule has 3 nitrogen and oxygen atoms in total. The summed E-state index contributed by atoms with van der Waals surface area (Å²) in [6.07, 6.45) is 10.4. The van der Waals surface area contributed by atoms with Gasteiger partial charge in [-0.3, -0.25) is 4.98 Å². The fourth-order valence-electron chi connectivity index (χ4n) is 2.97. The molecule has 2 N–H and O–H groups in total. The van der Waals surface area contributed by atoms with Crippen LogP contribution in [0.4, 0.5) is 0 Å². The molecule has 0 bridgehead atoms. The Labute approximate surface area is 117 Å². The van der Waals surface area contributed by atoms with Gasteiger partial charge in [-0.15, -0.1) is 0 Å². The summed E-state index contributed by atoms with van der Waals surface area (Å²) in [6, 6.07) is 5.81. The first kappa shape index (κ1) is 14.5. The van der Waals surface area contributed by atoms with E-state index in [-0.39, 0.29) is 0 Å². The van der Waals surface area contributed by atoms with Crippen molar-refractivity contribution in [3.05, 3.63) is 30.1 Å². The summed E-state index contributed by atoms with van der Waals surface area (Å²) in [5, 5.41) is 7.37. The largest absolute Gasteiger partial charge is 0.314 e. The minimum atomic E-state index is 0.392. The maximum Gasteiger partial charge on any atom is 0.0295 e. The molecule has 1 aromatic rings. The van der Waals surface area contributed by atoms with Crippen molar-refractivity contribution < 1.29 is 0 Å². The van der Waals surface area contributed by atoms with E-state index < -0.39 is 0 Å². The number of hydrogen-bond acceptors (Lipinski definition) is 3. The summed E-state index contributed by atoms with van der Waals surface area (Å²) in [5.41, 5.74) is 1.32. The van der Waals surface area contributed by atoms with E-state index >= 15 is 0 Å². The second-order valence-corrected chi connectivity index (χ2v) is 5.81. The lowest BCUT2D eigenvalue weighted by Gasteiger charge is -2.24. The summed E-state index contributed by atoms with van der Waals surface area (Å²) in [4.78, 5) is 4.07. The van der Waals surface area contributed by atoms with Crippen LogP contribution in [0.5, 0.6) is 0 Å². The van der Waals surface area contributed by atoms with Crippen molar-refractivity contribution in [1.82, 2.24) is 15.6 Å². The van der Waals surface area contributed by atoms with E-state index in [0.717, 1.165) is 0 Å². The van der Waals surface area contributed by atoms with Gasteiger partial charge in [-0.05, 0) is 57.4 Å². The molecular weight excluding hydrogens is 234 g/mol. The molecule has 1 aromatic heterocycles. The van der Waals surface area contributed by atoms with Gasteiger partial charge in [-0.2, -0.15) is 0 Å². The fourth-order valence-corrected chi connectivity index (χ4v) is 2.97. The van der Waals surface area contributed by atoms with Crippen LogP contribution in [0.1, 0.15) is 57.6 Å². The first-order chi connectivity index (χ1) is 9.25. The van der Waals surface area contributed by atoms with E-state index in [1.807, 2.05) is 12.4 Å². The van der Waals surface area contributed by atoms with Crippen molar-refractivity contribution in [2.75, 3.05) is 6.54 Å². The maximum atomic E-state index is 4.07. The zero-order chi connectivity index (χ0) is 13.5. The van der Waals surface area contributed by atoms with E-state index in [9.17, 15) is 0 Å². The third-order valence-corrected chi connectivity index (χ3v) is 4.04. The van der Waals surface area contributed by atoms with Crippen molar-refractivity contribution in [3.8, 4) is 0 Å². The monoisotopic (exact) mass is 261 g/mol. The van der Waals surface area contributed by atoms with Crippen LogP contribution in [0.25, 0.3) is 0 Å². The van der Waals surface area contributed by atoms with Crippen molar-refractivity contribution in [2.24, 2.45) is 0 Å². The average Bonchev–Trinajstić information content (AvgIpc) is 2.68. The summed E-state index contributed by atoms with van der Waals surface area (Å²) < 4.78 is 0. The standard InChI is InChI=1S/C16H27N3/c1-13(12-16-6-4-3-5-9-18-16)19-14(2)15-7-10-17-11-8-15/h7-8,10-11,13-14,16,18-19H,3-6,9,12H2,1-2H3. The van der Waals surface area contributed by atoms with Gasteiger partial charge >= 0.3 is 0 Å². The van der Waals surface area contributed by atoms with Crippen LogP contribution in [-0.2, 0) is 0 Å². The molecule has 19 heavy (non-hydrogen) atoms. The van der Waals surface area contributed by atoms with Crippen molar-refractivity contribution in [3.63, 3.8) is 0 Å². The first-order valence-corrected chi connectivity index (χ1v) is 7.65. The third kappa shape index (κ3) is 4.92. The minimum Gasteiger partial charge on any atom is -0.314 e. The number of rotatable bonds is 5. The van der Waals surface area contributed by atoms with E-state index in [2.05, 4.69) is 41.6 Å². The van der Waals surface area contributed by atoms with Gasteiger partial charge in [0.1, 0.15) is 0 Å². The van der Waals surface area contributed by atoms with Gasteiger partial charge in [0.15, 0.2) is 0 Å². The Hall–Kier alpha value is -0.930. The fraction of sp³-hybridized carbons (Fsp3) is 0.688. The van der Waals surface area contributed by atoms with Gasteiger partial charge in [0, 0.05) is 30.5 Å². The Balaban J connectivity index is 1.78. The van der Waals surface area contributed by atoms with Crippen molar-refractivity contribution >= 4 is 0 Å². The smallest absolute Gasteiger partial charge is 0.0295 e. The number of hydrogen-bond donors (Lipinski definition) is 2. The Bertz CT molecular complexity index is 344. The van der Waals surface area contributed by atoms with Gasteiger partial charge in [-0.25, -0.2) is 0 Å². The Morgan fingerprint density at radius 3 is 2.84 bits per heavy atom. The van der Waals surface area contributed by atoms with Gasteiger partial charge in [-0.1, -0.05) is 12.8 Å². The molecule has 0 spiro atoms. The van der Waals surface area contributed by atoms with Gasteiger partial charge < -0.3 is 10.6 Å². The highest BCUT2D eigenvalue weighted by Gasteiger charge is 2.16. The Morgan fingerprint density at radius 2 is 2.05 bits per heavy atom. The zero-order valence-corrected chi connectivity index (χ0v) is 12.2. The van der Waals surface area contributed by atoms with Crippen LogP contribution in [0.3, 0.4) is 0 Å². The molecule has 0 aliphatic carbocycles. The van der Waals surface area contributed by atoms with Crippen LogP contribution in [0.2, 0.25) is 0 Å². The molecule has 0 aromatic carbocycles. The molecule has 0 radical (unpaired) electrons. The number of aromatic nitrogens is 1. The quantitative estimate of drug-likeness (QED) is 0.855. The molecular formula is C16H27N3. The van der Waals surface area contributed by atoms with Crippen molar-refractivity contribution in [2.45, 2.75) is 64.1 Å². The van der Waals surface area contributed by atoms with E-state index in [0.29, 0.717) is 18.1 Å². The zero-order valence-electron chi connectivity index (χ0n) is 12.2. The molecule has 106 valence electrons. The van der Waals surface area contributed by atoms with Crippen LogP contribution in [-0.4, -0.2) is 23.6 Å². The molecule has 1 saturated heterocycles. The van der Waals surface area contributed by atoms with Crippen LogP contribution in [0, 0.1) is 0 Å². The summed E-state index contributed by atoms with van der Waals surface area (Å²) in [6.45, 7) is 5.72. The Kier molecular flexibility index (Phi) is 5.80. The highest BCUT2D eigenvalue weighted by Crippen LogP contribution is 2.16. The molecule has 2 heterocycles. The summed E-state index contributed by atoms with van der Waals surface area (Å²) >= 11 is 0. The predicted octanol–water partition coefficient (Wildman–Crippen LogP) is 3.04. The Morgan fingerprint density at radius 1 is 1.26 bits per heavy atom. The topological polar surface area (TPSA) is 37.0 Å². The van der Waals surface area contributed by atoms with E-state index in [1.165, 1.54) is 44.2 Å². The molecule has 1 aliphatic heterocycles. The highest BCUT2D eigenvalue weighted by molar-refractivity contribution is 5.14. The molecule has 3 heteroatoms. The first-order valence-electron chi connectivity index (χ1n) is 7.65. The SMILES string of the molecule is CC(CC1CCCCCN1)NC(C)c1ccncc1. The molecule has 0 amide bonds. The average molecular weight is 261 g/mol. The molecule has 1 fully saturated rings. The van der Waals surface area contributed by atoms with Gasteiger partial charge in [0.25, 0.3) is 0 Å². The minimum absolute atomic E-state index is 0.392. The normalized spacial score (nSPS) is 23.6. The summed E-state index contributed by atoms with van der Waals surface area (Å²) in [5.74, 6) is 0. The van der Waals surface area contributed by atoms with E-state index in [1.54, 1.807) is 0 Å². The van der Waals surface area contributed by atoms with E-state index in [4.69, 9.17) is 0 Å². The molecule has 1 aliphatic rings. The van der Waals surface area contributed by atoms with Crippen LogP contribution in [0.15, 0.2) is 24.5 Å². The van der Waals surface area contributed by atoms with Gasteiger partial charge in [0.05, 0.1) is 0 Å². The maximum absolute atomic E-state index is 4.07. The molecule has 2 rings (SSSR count). The number of nitrogens with zero attached hydrogens (tertiary/aromatic N) is 1. The van der Waals surface area contributed by atoms with Gasteiger partial charge in [0.2, 0.25) is 0 Å². The lowest BCUT2D eigenvalue weighted by molar-refractivity contribution is 0.380. The molecule has 3 unspecified atom stereocenters.